The second-order valence-electron chi connectivity index (χ2n) is 4.48. The standard InChI is InChI=1S/C13H21N3O2/c1-9(16(2)3)8-15-13(17)10-5-6-12(18-4)11(14)7-10/h5-7,9H,8,14H2,1-4H3,(H,15,17). The maximum atomic E-state index is 11.9. The highest BCUT2D eigenvalue weighted by atomic mass is 16.5. The summed E-state index contributed by atoms with van der Waals surface area (Å²) in [5, 5.41) is 2.87. The van der Waals surface area contributed by atoms with Gasteiger partial charge in [0.1, 0.15) is 5.75 Å². The normalized spacial score (nSPS) is 12.3. The molecule has 1 amide bonds. The molecule has 0 bridgehead atoms. The van der Waals surface area contributed by atoms with Crippen LogP contribution in [0.2, 0.25) is 0 Å². The smallest absolute Gasteiger partial charge is 0.251 e. The van der Waals surface area contributed by atoms with Crippen LogP contribution >= 0.6 is 0 Å². The molecule has 18 heavy (non-hydrogen) atoms. The molecule has 1 aromatic carbocycles. The van der Waals surface area contributed by atoms with Crippen molar-refractivity contribution >= 4 is 11.6 Å². The zero-order chi connectivity index (χ0) is 13.7. The number of nitrogens with two attached hydrogens (primary N) is 1. The molecule has 0 aromatic heterocycles. The Kier molecular flexibility index (Phi) is 4.97. The minimum atomic E-state index is -0.127. The van der Waals surface area contributed by atoms with Crippen molar-refractivity contribution in [3.05, 3.63) is 23.8 Å². The Labute approximate surface area is 108 Å². The molecule has 0 aliphatic carbocycles. The highest BCUT2D eigenvalue weighted by molar-refractivity contribution is 5.95. The lowest BCUT2D eigenvalue weighted by Crippen LogP contribution is -2.38. The quantitative estimate of drug-likeness (QED) is 0.765. The van der Waals surface area contributed by atoms with Crippen molar-refractivity contribution in [2.75, 3.05) is 33.5 Å². The average Bonchev–Trinajstić information content (AvgIpc) is 2.35. The van der Waals surface area contributed by atoms with E-state index in [1.54, 1.807) is 25.3 Å². The van der Waals surface area contributed by atoms with Crippen LogP contribution < -0.4 is 15.8 Å². The molecule has 1 rings (SSSR count). The van der Waals surface area contributed by atoms with Crippen molar-refractivity contribution in [2.24, 2.45) is 0 Å². The minimum absolute atomic E-state index is 0.127. The van der Waals surface area contributed by atoms with Crippen molar-refractivity contribution in [3.8, 4) is 5.75 Å². The van der Waals surface area contributed by atoms with Crippen molar-refractivity contribution in [3.63, 3.8) is 0 Å². The van der Waals surface area contributed by atoms with E-state index >= 15 is 0 Å². The number of amides is 1. The maximum absolute atomic E-state index is 11.9. The van der Waals surface area contributed by atoms with Gasteiger partial charge in [0.05, 0.1) is 12.8 Å². The van der Waals surface area contributed by atoms with Crippen LogP contribution in [0.4, 0.5) is 5.69 Å². The predicted octanol–water partition coefficient (Wildman–Crippen LogP) is 0.957. The fraction of sp³-hybridized carbons (Fsp3) is 0.462. The third-order valence-electron chi connectivity index (χ3n) is 2.93. The molecule has 1 atom stereocenters. The fourth-order valence-electron chi connectivity index (χ4n) is 1.40. The number of hydrogen-bond donors (Lipinski definition) is 2. The molecule has 3 N–H and O–H groups in total. The molecule has 1 unspecified atom stereocenters. The molecule has 5 heteroatoms. The number of methoxy groups -OCH3 is 1. The van der Waals surface area contributed by atoms with Crippen LogP contribution in [-0.2, 0) is 0 Å². The van der Waals surface area contributed by atoms with E-state index in [1.807, 2.05) is 25.9 Å². The van der Waals surface area contributed by atoms with Gasteiger partial charge in [0.2, 0.25) is 0 Å². The van der Waals surface area contributed by atoms with Gasteiger partial charge in [0.15, 0.2) is 0 Å². The summed E-state index contributed by atoms with van der Waals surface area (Å²) in [6.45, 7) is 2.64. The van der Waals surface area contributed by atoms with Crippen molar-refractivity contribution in [1.29, 1.82) is 0 Å². The van der Waals surface area contributed by atoms with Crippen LogP contribution in [0.1, 0.15) is 17.3 Å². The summed E-state index contributed by atoms with van der Waals surface area (Å²) >= 11 is 0. The number of nitrogens with one attached hydrogen (secondary N) is 1. The number of likely N-dealkylation sites (N-methyl/N-ethyl adjacent to an activating group) is 1. The number of carbonyl (C=O) groups is 1. The number of rotatable bonds is 5. The van der Waals surface area contributed by atoms with Crippen molar-refractivity contribution < 1.29 is 9.53 Å². The van der Waals surface area contributed by atoms with E-state index < -0.39 is 0 Å². The second kappa shape index (κ2) is 6.26. The predicted molar refractivity (Wildman–Crippen MR) is 72.9 cm³/mol. The van der Waals surface area contributed by atoms with Gasteiger partial charge < -0.3 is 20.7 Å². The van der Waals surface area contributed by atoms with Gasteiger partial charge in [-0.1, -0.05) is 0 Å². The van der Waals surface area contributed by atoms with Crippen LogP contribution in [0.3, 0.4) is 0 Å². The molecule has 0 radical (unpaired) electrons. The van der Waals surface area contributed by atoms with E-state index in [-0.39, 0.29) is 11.9 Å². The lowest BCUT2D eigenvalue weighted by atomic mass is 10.1. The van der Waals surface area contributed by atoms with Gasteiger partial charge in [-0.25, -0.2) is 0 Å². The third-order valence-corrected chi connectivity index (χ3v) is 2.93. The third kappa shape index (κ3) is 3.63. The second-order valence-corrected chi connectivity index (χ2v) is 4.48. The van der Waals surface area contributed by atoms with E-state index in [4.69, 9.17) is 10.5 Å². The minimum Gasteiger partial charge on any atom is -0.495 e. The van der Waals surface area contributed by atoms with E-state index in [0.29, 0.717) is 23.5 Å². The molecular weight excluding hydrogens is 230 g/mol. The van der Waals surface area contributed by atoms with Gasteiger partial charge in [-0.2, -0.15) is 0 Å². The topological polar surface area (TPSA) is 67.6 Å². The Morgan fingerprint density at radius 2 is 2.17 bits per heavy atom. The molecule has 1 aromatic rings. The van der Waals surface area contributed by atoms with Gasteiger partial charge in [-0.15, -0.1) is 0 Å². The first kappa shape index (κ1) is 14.3. The monoisotopic (exact) mass is 251 g/mol. The van der Waals surface area contributed by atoms with E-state index in [9.17, 15) is 4.79 Å². The van der Waals surface area contributed by atoms with E-state index in [0.717, 1.165) is 0 Å². The number of ether oxygens (including phenoxy) is 1. The summed E-state index contributed by atoms with van der Waals surface area (Å²) < 4.78 is 5.05. The number of hydrogen-bond acceptors (Lipinski definition) is 4. The van der Waals surface area contributed by atoms with Crippen LogP contribution in [0, 0.1) is 0 Å². The average molecular weight is 251 g/mol. The molecule has 0 saturated heterocycles. The zero-order valence-electron chi connectivity index (χ0n) is 11.4. The lowest BCUT2D eigenvalue weighted by molar-refractivity contribution is 0.0943. The van der Waals surface area contributed by atoms with Crippen molar-refractivity contribution in [2.45, 2.75) is 13.0 Å². The fourth-order valence-corrected chi connectivity index (χ4v) is 1.40. The summed E-state index contributed by atoms with van der Waals surface area (Å²) in [4.78, 5) is 13.9. The summed E-state index contributed by atoms with van der Waals surface area (Å²) in [5.41, 5.74) is 6.77. The number of nitrogens with zero attached hydrogens (tertiary/aromatic N) is 1. The van der Waals surface area contributed by atoms with Crippen LogP contribution in [0.15, 0.2) is 18.2 Å². The van der Waals surface area contributed by atoms with Crippen LogP contribution in [-0.4, -0.2) is 44.6 Å². The zero-order valence-corrected chi connectivity index (χ0v) is 11.4. The number of anilines is 1. The summed E-state index contributed by atoms with van der Waals surface area (Å²) in [7, 11) is 5.49. The first-order chi connectivity index (χ1) is 8.45. The summed E-state index contributed by atoms with van der Waals surface area (Å²) in [6.07, 6.45) is 0. The molecule has 100 valence electrons. The van der Waals surface area contributed by atoms with Crippen LogP contribution in [0.25, 0.3) is 0 Å². The molecule has 0 fully saturated rings. The lowest BCUT2D eigenvalue weighted by Gasteiger charge is -2.20. The molecule has 0 spiro atoms. The Morgan fingerprint density at radius 1 is 1.50 bits per heavy atom. The molecule has 5 nitrogen and oxygen atoms in total. The Hall–Kier alpha value is -1.75. The Bertz CT molecular complexity index is 419. The highest BCUT2D eigenvalue weighted by Gasteiger charge is 2.10. The maximum Gasteiger partial charge on any atom is 0.251 e. The summed E-state index contributed by atoms with van der Waals surface area (Å²) in [6, 6.07) is 5.29. The van der Waals surface area contributed by atoms with Crippen molar-refractivity contribution in [1.82, 2.24) is 10.2 Å². The first-order valence-corrected chi connectivity index (χ1v) is 5.83. The van der Waals surface area contributed by atoms with Gasteiger partial charge in [0, 0.05) is 18.2 Å². The molecule has 0 saturated carbocycles. The van der Waals surface area contributed by atoms with Gasteiger partial charge >= 0.3 is 0 Å². The molecular formula is C13H21N3O2. The number of carbonyl (C=O) groups excluding carboxylic acids is 1. The van der Waals surface area contributed by atoms with Gasteiger partial charge in [-0.3, -0.25) is 4.79 Å². The Balaban J connectivity index is 2.65. The summed E-state index contributed by atoms with van der Waals surface area (Å²) in [5.74, 6) is 0.450. The molecule has 0 aliphatic rings. The Morgan fingerprint density at radius 3 is 2.67 bits per heavy atom. The number of benzene rings is 1. The van der Waals surface area contributed by atoms with E-state index in [2.05, 4.69) is 5.32 Å². The highest BCUT2D eigenvalue weighted by Crippen LogP contribution is 2.21. The van der Waals surface area contributed by atoms with E-state index in [1.165, 1.54) is 0 Å². The SMILES string of the molecule is COc1ccc(C(=O)NCC(C)N(C)C)cc1N. The number of nitrogen functional groups attached to an aromatic ring is 1. The molecule has 0 aliphatic heterocycles. The van der Waals surface area contributed by atoms with Gasteiger partial charge in [0.25, 0.3) is 5.91 Å². The van der Waals surface area contributed by atoms with Gasteiger partial charge in [-0.05, 0) is 39.2 Å². The largest absolute Gasteiger partial charge is 0.495 e. The molecule has 0 heterocycles. The first-order valence-electron chi connectivity index (χ1n) is 5.83. The van der Waals surface area contributed by atoms with Crippen LogP contribution in [0.5, 0.6) is 5.75 Å².